The van der Waals surface area contributed by atoms with E-state index in [1.54, 1.807) is 30.0 Å². The maximum absolute atomic E-state index is 13.5. The van der Waals surface area contributed by atoms with Crippen LogP contribution in [-0.2, 0) is 0 Å². The first-order valence-corrected chi connectivity index (χ1v) is 8.49. The van der Waals surface area contributed by atoms with E-state index >= 15 is 0 Å². The maximum Gasteiger partial charge on any atom is 0.124 e. The lowest BCUT2D eigenvalue weighted by molar-refractivity contribution is 0.475. The van der Waals surface area contributed by atoms with Crippen molar-refractivity contribution in [2.45, 2.75) is 24.2 Å². The molecule has 2 unspecified atom stereocenters. The van der Waals surface area contributed by atoms with Crippen molar-refractivity contribution in [3.8, 4) is 5.75 Å². The lowest BCUT2D eigenvalue weighted by Gasteiger charge is -2.33. The average molecular weight is 325 g/mol. The Hall–Kier alpha value is -2.07. The first kappa shape index (κ1) is 14.5. The second-order valence-corrected chi connectivity index (χ2v) is 7.07. The number of allylic oxidation sites excluding steroid dienone is 1. The highest BCUT2D eigenvalue weighted by atomic mass is 32.2. The van der Waals surface area contributed by atoms with Crippen LogP contribution in [0.3, 0.4) is 0 Å². The fourth-order valence-electron chi connectivity index (χ4n) is 3.25. The molecule has 0 saturated heterocycles. The van der Waals surface area contributed by atoms with E-state index in [-0.39, 0.29) is 11.6 Å². The number of benzene rings is 2. The van der Waals surface area contributed by atoms with Crippen molar-refractivity contribution in [2.75, 3.05) is 0 Å². The largest absolute Gasteiger partial charge is 0.508 e. The minimum atomic E-state index is -0.206. The summed E-state index contributed by atoms with van der Waals surface area (Å²) in [5, 5.41) is 10.7. The van der Waals surface area contributed by atoms with Gasteiger partial charge in [-0.05, 0) is 42.2 Å². The zero-order chi connectivity index (χ0) is 16.0. The number of fused-ring (bicyclic) bond motifs is 2. The van der Waals surface area contributed by atoms with Crippen LogP contribution in [0.5, 0.6) is 5.75 Å². The van der Waals surface area contributed by atoms with Crippen molar-refractivity contribution in [2.24, 2.45) is 10.9 Å². The van der Waals surface area contributed by atoms with Gasteiger partial charge in [0.1, 0.15) is 11.6 Å². The topological polar surface area (TPSA) is 32.6 Å². The molecule has 0 fully saturated rings. The molecule has 2 atom stereocenters. The van der Waals surface area contributed by atoms with Crippen LogP contribution in [0.2, 0.25) is 0 Å². The van der Waals surface area contributed by atoms with E-state index in [9.17, 15) is 9.50 Å². The Balaban J connectivity index is 1.73. The second-order valence-electron chi connectivity index (χ2n) is 6.00. The predicted molar refractivity (Wildman–Crippen MR) is 92.3 cm³/mol. The Morgan fingerprint density at radius 2 is 2.09 bits per heavy atom. The van der Waals surface area contributed by atoms with E-state index in [0.717, 1.165) is 27.6 Å². The quantitative estimate of drug-likeness (QED) is 0.781. The van der Waals surface area contributed by atoms with Gasteiger partial charge in [-0.2, -0.15) is 0 Å². The first-order chi connectivity index (χ1) is 11.1. The molecule has 2 heterocycles. The summed E-state index contributed by atoms with van der Waals surface area (Å²) in [4.78, 5) is 5.76. The van der Waals surface area contributed by atoms with Crippen LogP contribution >= 0.6 is 11.8 Å². The number of thioether (sulfide) groups is 1. The molecule has 0 aliphatic carbocycles. The standard InChI is InChI=1S/C19H16FNOS/c1-11-15-6-5-13(20)10-18(15)23-19-16(11)7-8-17(21-19)12-3-2-4-14(22)9-12/h2-6,8-11,16,22H,7H2,1H3. The average Bonchev–Trinajstić information content (AvgIpc) is 2.54. The number of hydrogen-bond donors (Lipinski definition) is 1. The summed E-state index contributed by atoms with van der Waals surface area (Å²) in [6.45, 7) is 2.18. The molecule has 2 aromatic rings. The molecule has 4 rings (SSSR count). The van der Waals surface area contributed by atoms with Crippen LogP contribution in [0.15, 0.2) is 58.4 Å². The van der Waals surface area contributed by atoms with E-state index in [0.29, 0.717) is 11.8 Å². The van der Waals surface area contributed by atoms with Gasteiger partial charge in [-0.1, -0.05) is 43.0 Å². The van der Waals surface area contributed by atoms with Crippen molar-refractivity contribution in [1.29, 1.82) is 0 Å². The zero-order valence-electron chi connectivity index (χ0n) is 12.7. The van der Waals surface area contributed by atoms with Crippen LogP contribution in [0.4, 0.5) is 4.39 Å². The Kier molecular flexibility index (Phi) is 3.49. The monoisotopic (exact) mass is 325 g/mol. The summed E-state index contributed by atoms with van der Waals surface area (Å²) in [5.74, 6) is 0.705. The fraction of sp³-hybridized carbons (Fsp3) is 0.211. The van der Waals surface area contributed by atoms with Crippen molar-refractivity contribution < 1.29 is 9.50 Å². The van der Waals surface area contributed by atoms with E-state index in [2.05, 4.69) is 13.0 Å². The zero-order valence-corrected chi connectivity index (χ0v) is 13.5. The van der Waals surface area contributed by atoms with Crippen LogP contribution in [-0.4, -0.2) is 10.2 Å². The third kappa shape index (κ3) is 2.57. The molecule has 0 radical (unpaired) electrons. The summed E-state index contributed by atoms with van der Waals surface area (Å²) in [7, 11) is 0. The minimum Gasteiger partial charge on any atom is -0.508 e. The van der Waals surface area contributed by atoms with Gasteiger partial charge < -0.3 is 5.11 Å². The second kappa shape index (κ2) is 5.53. The molecule has 0 bridgehead atoms. The van der Waals surface area contributed by atoms with E-state index in [1.807, 2.05) is 18.2 Å². The third-order valence-electron chi connectivity index (χ3n) is 4.54. The highest BCUT2D eigenvalue weighted by molar-refractivity contribution is 8.14. The molecular formula is C19H16FNOS. The number of aromatic hydroxyl groups is 1. The summed E-state index contributed by atoms with van der Waals surface area (Å²) < 4.78 is 13.5. The molecule has 0 saturated carbocycles. The van der Waals surface area contributed by atoms with Gasteiger partial charge in [-0.25, -0.2) is 9.38 Å². The van der Waals surface area contributed by atoms with Gasteiger partial charge in [0.15, 0.2) is 0 Å². The number of phenolic OH excluding ortho intramolecular Hbond substituents is 1. The maximum atomic E-state index is 13.5. The summed E-state index contributed by atoms with van der Waals surface area (Å²) in [6, 6.07) is 12.2. The molecule has 0 amide bonds. The molecule has 0 spiro atoms. The van der Waals surface area contributed by atoms with Crippen LogP contribution in [0, 0.1) is 11.7 Å². The van der Waals surface area contributed by atoms with Crippen LogP contribution < -0.4 is 0 Å². The van der Waals surface area contributed by atoms with Gasteiger partial charge in [0.25, 0.3) is 0 Å². The minimum absolute atomic E-state index is 0.206. The highest BCUT2D eigenvalue weighted by Gasteiger charge is 2.33. The number of rotatable bonds is 1. The number of aliphatic imine (C=N–C) groups is 1. The fourth-order valence-corrected chi connectivity index (χ4v) is 4.62. The number of hydrogen-bond acceptors (Lipinski definition) is 3. The molecule has 0 aromatic heterocycles. The summed E-state index contributed by atoms with van der Waals surface area (Å²) >= 11 is 1.57. The number of phenols is 1. The first-order valence-electron chi connectivity index (χ1n) is 7.67. The number of halogens is 1. The third-order valence-corrected chi connectivity index (χ3v) is 5.72. The van der Waals surface area contributed by atoms with Gasteiger partial charge >= 0.3 is 0 Å². The van der Waals surface area contributed by atoms with E-state index in [1.165, 1.54) is 11.6 Å². The molecule has 23 heavy (non-hydrogen) atoms. The molecule has 2 nitrogen and oxygen atoms in total. The van der Waals surface area contributed by atoms with Gasteiger partial charge in [-0.3, -0.25) is 0 Å². The normalized spacial score (nSPS) is 22.7. The molecular weight excluding hydrogens is 309 g/mol. The van der Waals surface area contributed by atoms with E-state index in [4.69, 9.17) is 4.99 Å². The van der Waals surface area contributed by atoms with Crippen molar-refractivity contribution in [3.05, 3.63) is 65.5 Å². The lowest BCUT2D eigenvalue weighted by Crippen LogP contribution is -2.24. The Morgan fingerprint density at radius 3 is 2.91 bits per heavy atom. The smallest absolute Gasteiger partial charge is 0.124 e. The van der Waals surface area contributed by atoms with Crippen LogP contribution in [0.25, 0.3) is 5.70 Å². The van der Waals surface area contributed by atoms with Gasteiger partial charge in [0.2, 0.25) is 0 Å². The predicted octanol–water partition coefficient (Wildman–Crippen LogP) is 5.20. The van der Waals surface area contributed by atoms with Crippen LogP contribution in [0.1, 0.15) is 30.4 Å². The van der Waals surface area contributed by atoms with Gasteiger partial charge in [0.05, 0.1) is 10.7 Å². The SMILES string of the molecule is CC1c2ccc(F)cc2SC2=NC(c3cccc(O)c3)=CCC21. The van der Waals surface area contributed by atoms with Crippen molar-refractivity contribution >= 4 is 22.5 Å². The Bertz CT molecular complexity index is 843. The number of nitrogens with zero attached hydrogens (tertiary/aromatic N) is 1. The summed E-state index contributed by atoms with van der Waals surface area (Å²) in [6.07, 6.45) is 3.04. The molecule has 2 aliphatic rings. The van der Waals surface area contributed by atoms with E-state index < -0.39 is 0 Å². The van der Waals surface area contributed by atoms with Gasteiger partial charge in [-0.15, -0.1) is 0 Å². The molecule has 1 N–H and O–H groups in total. The molecule has 2 aliphatic heterocycles. The molecule has 2 aromatic carbocycles. The summed E-state index contributed by atoms with van der Waals surface area (Å²) in [5.41, 5.74) is 3.00. The Labute approximate surface area is 138 Å². The Morgan fingerprint density at radius 1 is 1.22 bits per heavy atom. The molecule has 4 heteroatoms. The van der Waals surface area contributed by atoms with Crippen molar-refractivity contribution in [1.82, 2.24) is 0 Å². The van der Waals surface area contributed by atoms with Crippen molar-refractivity contribution in [3.63, 3.8) is 0 Å². The highest BCUT2D eigenvalue weighted by Crippen LogP contribution is 2.47. The van der Waals surface area contributed by atoms with Gasteiger partial charge in [0, 0.05) is 16.4 Å². The lowest BCUT2D eigenvalue weighted by atomic mass is 9.84. The molecule has 116 valence electrons.